The van der Waals surface area contributed by atoms with Crippen molar-refractivity contribution in [1.29, 1.82) is 0 Å². The van der Waals surface area contributed by atoms with Gasteiger partial charge < -0.3 is 10.1 Å². The van der Waals surface area contributed by atoms with Crippen molar-refractivity contribution in [2.75, 3.05) is 20.2 Å². The molecule has 1 saturated heterocycles. The van der Waals surface area contributed by atoms with Crippen LogP contribution in [0, 0.1) is 40.4 Å². The Morgan fingerprint density at radius 1 is 1.17 bits per heavy atom. The van der Waals surface area contributed by atoms with E-state index in [0.717, 1.165) is 44.1 Å². The van der Waals surface area contributed by atoms with E-state index in [4.69, 9.17) is 4.74 Å². The Morgan fingerprint density at radius 3 is 2.70 bits per heavy atom. The summed E-state index contributed by atoms with van der Waals surface area (Å²) >= 11 is 0. The van der Waals surface area contributed by atoms with Crippen LogP contribution < -0.4 is 5.32 Å². The van der Waals surface area contributed by atoms with Gasteiger partial charge in [-0.2, -0.15) is 0 Å². The number of nitrogens with one attached hydrogen (secondary N) is 1. The maximum Gasteiger partial charge on any atom is 0.136 e. The fraction of sp³-hybridized carbons (Fsp3) is 0.815. The Hall–Kier alpha value is -1.09. The highest BCUT2D eigenvalue weighted by atomic mass is 16.5. The lowest BCUT2D eigenvalue weighted by atomic mass is 9.45. The van der Waals surface area contributed by atoms with Gasteiger partial charge in [0.05, 0.1) is 12.9 Å². The minimum atomic E-state index is 0.244. The first-order valence-corrected chi connectivity index (χ1v) is 12.6. The molecule has 1 heterocycles. The Labute approximate surface area is 183 Å². The predicted molar refractivity (Wildman–Crippen MR) is 121 cm³/mol. The molecule has 3 heteroatoms. The van der Waals surface area contributed by atoms with Crippen LogP contribution in [0.1, 0.15) is 78.6 Å². The zero-order valence-electron chi connectivity index (χ0n) is 19.6. The number of fused-ring (bicyclic) bond motifs is 5. The van der Waals surface area contributed by atoms with E-state index in [-0.39, 0.29) is 10.8 Å². The summed E-state index contributed by atoms with van der Waals surface area (Å²) in [5, 5.41) is 3.66. The van der Waals surface area contributed by atoms with Crippen LogP contribution in [0.15, 0.2) is 23.0 Å². The smallest absolute Gasteiger partial charge is 0.136 e. The largest absolute Gasteiger partial charge is 0.501 e. The summed E-state index contributed by atoms with van der Waals surface area (Å²) in [6.45, 7) is 9.74. The van der Waals surface area contributed by atoms with Crippen molar-refractivity contribution in [3.8, 4) is 0 Å². The fourth-order valence-electron chi connectivity index (χ4n) is 8.68. The highest BCUT2D eigenvalue weighted by Crippen LogP contribution is 2.68. The zero-order valence-corrected chi connectivity index (χ0v) is 19.6. The van der Waals surface area contributed by atoms with Gasteiger partial charge in [0, 0.05) is 25.8 Å². The average Bonchev–Trinajstić information content (AvgIpc) is 3.06. The van der Waals surface area contributed by atoms with Gasteiger partial charge in [-0.15, -0.1) is 0 Å². The van der Waals surface area contributed by atoms with Gasteiger partial charge in [-0.3, -0.25) is 4.79 Å². The molecule has 5 rings (SSSR count). The van der Waals surface area contributed by atoms with Crippen molar-refractivity contribution >= 4 is 5.78 Å². The molecule has 30 heavy (non-hydrogen) atoms. The number of ether oxygens (including phenoxy) is 1. The van der Waals surface area contributed by atoms with Crippen molar-refractivity contribution in [3.05, 3.63) is 23.0 Å². The molecular weight excluding hydrogens is 370 g/mol. The van der Waals surface area contributed by atoms with Gasteiger partial charge in [0.15, 0.2) is 0 Å². The molecule has 4 aliphatic carbocycles. The van der Waals surface area contributed by atoms with Crippen molar-refractivity contribution in [2.45, 2.75) is 78.6 Å². The average molecular weight is 412 g/mol. The number of carbonyl (C=O) groups is 1. The van der Waals surface area contributed by atoms with Gasteiger partial charge in [-0.1, -0.05) is 32.4 Å². The molecular formula is C27H41NO2. The number of ketones is 1. The van der Waals surface area contributed by atoms with Crippen molar-refractivity contribution in [3.63, 3.8) is 0 Å². The van der Waals surface area contributed by atoms with Gasteiger partial charge in [0.1, 0.15) is 5.78 Å². The van der Waals surface area contributed by atoms with Crippen LogP contribution in [0.25, 0.3) is 0 Å². The van der Waals surface area contributed by atoms with Crippen LogP contribution in [0.5, 0.6) is 0 Å². The molecule has 2 unspecified atom stereocenters. The number of allylic oxidation sites excluding steroid dienone is 3. The van der Waals surface area contributed by atoms with E-state index < -0.39 is 0 Å². The number of piperidine rings is 1. The highest BCUT2D eigenvalue weighted by molar-refractivity contribution is 5.82. The van der Waals surface area contributed by atoms with Gasteiger partial charge in [0.25, 0.3) is 0 Å². The fourth-order valence-corrected chi connectivity index (χ4v) is 8.68. The SMILES string of the molecule is CCC1C=C2CC(=O)CC[C@]2(C)[C@@H]2CC[C@]3(C)C(C4CCCNC4)=C(OC)C[C@H]3[C@H]12. The first kappa shape index (κ1) is 20.8. The minimum absolute atomic E-state index is 0.244. The monoisotopic (exact) mass is 411 g/mol. The molecule has 0 aromatic heterocycles. The molecule has 3 nitrogen and oxygen atoms in total. The lowest BCUT2D eigenvalue weighted by Crippen LogP contribution is -2.53. The van der Waals surface area contributed by atoms with Crippen LogP contribution in [-0.4, -0.2) is 26.0 Å². The number of hydrogen-bond acceptors (Lipinski definition) is 3. The molecule has 0 radical (unpaired) electrons. The topological polar surface area (TPSA) is 38.3 Å². The third kappa shape index (κ3) is 2.90. The van der Waals surface area contributed by atoms with Crippen molar-refractivity contribution in [2.24, 2.45) is 40.4 Å². The molecule has 0 aromatic carbocycles. The molecule has 3 fully saturated rings. The third-order valence-electron chi connectivity index (χ3n) is 10.2. The molecule has 7 atom stereocenters. The van der Waals surface area contributed by atoms with Crippen LogP contribution in [0.3, 0.4) is 0 Å². The molecule has 0 amide bonds. The van der Waals surface area contributed by atoms with Crippen LogP contribution in [-0.2, 0) is 9.53 Å². The quantitative estimate of drug-likeness (QED) is 0.609. The van der Waals surface area contributed by atoms with E-state index in [1.165, 1.54) is 50.0 Å². The van der Waals surface area contributed by atoms with E-state index in [1.54, 1.807) is 5.57 Å². The summed E-state index contributed by atoms with van der Waals surface area (Å²) in [6, 6.07) is 0. The zero-order chi connectivity index (χ0) is 21.1. The number of carbonyl (C=O) groups excluding carboxylic acids is 1. The molecule has 2 saturated carbocycles. The second kappa shape index (κ2) is 7.50. The van der Waals surface area contributed by atoms with Crippen LogP contribution in [0.4, 0.5) is 0 Å². The number of rotatable bonds is 3. The van der Waals surface area contributed by atoms with Gasteiger partial charge >= 0.3 is 0 Å². The number of hydrogen-bond donors (Lipinski definition) is 1. The molecule has 1 aliphatic heterocycles. The minimum Gasteiger partial charge on any atom is -0.501 e. The van der Waals surface area contributed by atoms with E-state index in [2.05, 4.69) is 32.2 Å². The summed E-state index contributed by atoms with van der Waals surface area (Å²) in [6.07, 6.45) is 12.7. The summed E-state index contributed by atoms with van der Waals surface area (Å²) in [5.41, 5.74) is 3.70. The van der Waals surface area contributed by atoms with Gasteiger partial charge in [0.2, 0.25) is 0 Å². The maximum absolute atomic E-state index is 12.3. The van der Waals surface area contributed by atoms with E-state index in [1.807, 2.05) is 7.11 Å². The summed E-state index contributed by atoms with van der Waals surface area (Å²) in [5.74, 6) is 5.22. The second-order valence-electron chi connectivity index (χ2n) is 11.4. The van der Waals surface area contributed by atoms with E-state index in [9.17, 15) is 4.79 Å². The van der Waals surface area contributed by atoms with Crippen LogP contribution >= 0.6 is 0 Å². The first-order chi connectivity index (χ1) is 14.4. The first-order valence-electron chi connectivity index (χ1n) is 12.6. The Balaban J connectivity index is 1.53. The summed E-state index contributed by atoms with van der Waals surface area (Å²) in [4.78, 5) is 12.3. The Bertz CT molecular complexity index is 776. The lowest BCUT2D eigenvalue weighted by molar-refractivity contribution is -0.122. The third-order valence-corrected chi connectivity index (χ3v) is 10.2. The Kier molecular flexibility index (Phi) is 5.20. The lowest BCUT2D eigenvalue weighted by Gasteiger charge is -2.59. The van der Waals surface area contributed by atoms with E-state index in [0.29, 0.717) is 23.5 Å². The van der Waals surface area contributed by atoms with E-state index >= 15 is 0 Å². The normalized spacial score (nSPS) is 46.1. The molecule has 0 bridgehead atoms. The Morgan fingerprint density at radius 2 is 2.00 bits per heavy atom. The van der Waals surface area contributed by atoms with Crippen molar-refractivity contribution in [1.82, 2.24) is 5.32 Å². The van der Waals surface area contributed by atoms with Gasteiger partial charge in [-0.05, 0) is 91.1 Å². The summed E-state index contributed by atoms with van der Waals surface area (Å²) in [7, 11) is 1.91. The maximum atomic E-state index is 12.3. The predicted octanol–water partition coefficient (Wildman–Crippen LogP) is 5.66. The molecule has 0 spiro atoms. The molecule has 166 valence electrons. The number of Topliss-reactive ketones (excluding diaryl/α,β-unsaturated/α-hetero) is 1. The van der Waals surface area contributed by atoms with Gasteiger partial charge in [-0.25, -0.2) is 0 Å². The standard InChI is InChI=1S/C27H41NO2/c1-5-17-13-19-14-20(29)8-10-26(19,2)21-9-11-27(3)22(24(17)21)15-23(30-4)25(27)18-7-6-12-28-16-18/h13,17-18,21-22,24,28H,5-12,14-16H2,1-4H3/t17?,18?,21-,22+,24-,26+,27+/m1/s1. The van der Waals surface area contributed by atoms with Crippen LogP contribution in [0.2, 0.25) is 0 Å². The summed E-state index contributed by atoms with van der Waals surface area (Å²) < 4.78 is 6.12. The van der Waals surface area contributed by atoms with Crippen molar-refractivity contribution < 1.29 is 9.53 Å². The number of methoxy groups -OCH3 is 1. The molecule has 5 aliphatic rings. The molecule has 1 N–H and O–H groups in total. The highest BCUT2D eigenvalue weighted by Gasteiger charge is 2.60. The second-order valence-corrected chi connectivity index (χ2v) is 11.4. The molecule has 0 aromatic rings.